The average Bonchev–Trinajstić information content (AvgIpc) is 2.94. The lowest BCUT2D eigenvalue weighted by Crippen LogP contribution is -2.73. The summed E-state index contributed by atoms with van der Waals surface area (Å²) in [7, 11) is 14.1. The molecule has 2 aromatic rings. The normalized spacial score (nSPS) is 18.0. The molecule has 0 saturated carbocycles. The van der Waals surface area contributed by atoms with Crippen LogP contribution in [0.1, 0.15) is 49.9 Å². The number of carbonyl (C=O) groups excluding carboxylic acids is 3. The molecule has 16 heteroatoms. The minimum atomic E-state index is -1.47. The van der Waals surface area contributed by atoms with Gasteiger partial charge in [-0.1, -0.05) is 23.4 Å². The number of likely N-dealkylation sites (N-methyl/N-ethyl adjacent to an activating group) is 1. The zero-order valence-electron chi connectivity index (χ0n) is 30.8. The van der Waals surface area contributed by atoms with Gasteiger partial charge in [0.15, 0.2) is 0 Å². The van der Waals surface area contributed by atoms with Gasteiger partial charge in [0.1, 0.15) is 79.4 Å². The van der Waals surface area contributed by atoms with Crippen LogP contribution in [0.2, 0.25) is 10.4 Å². The standard InChI is InChI=1S/C31H49B7FN3O5/c1-19-8-7-9-23(24(19)30(35,36)42(18-44)29(34,25(45)40-6)31(37,38)28(32,33)17-43)46-14-21-12-20(10-11-22(21)39)13-41-15-26(2,3)47-27(4,5)16-41/h7-12,17-18H,13-16,32-38H2,1-6H3,(H,40,45). The lowest BCUT2D eigenvalue weighted by atomic mass is 9.22. The number of halogens is 1. The van der Waals surface area contributed by atoms with Crippen molar-refractivity contribution in [3.63, 3.8) is 0 Å². The van der Waals surface area contributed by atoms with Crippen LogP contribution < -0.4 is 10.1 Å². The van der Waals surface area contributed by atoms with Gasteiger partial charge in [0.25, 0.3) is 0 Å². The van der Waals surface area contributed by atoms with Crippen LogP contribution in [0.15, 0.2) is 36.4 Å². The van der Waals surface area contributed by atoms with Crippen LogP contribution in [0.5, 0.6) is 5.75 Å². The first kappa shape index (κ1) is 38.6. The Bertz CT molecular complexity index is 1490. The molecule has 47 heavy (non-hydrogen) atoms. The van der Waals surface area contributed by atoms with E-state index in [-0.39, 0.29) is 23.6 Å². The molecule has 2 amide bonds. The molecule has 0 radical (unpaired) electrons. The first-order valence-electron chi connectivity index (χ1n) is 16.4. The molecule has 0 aliphatic carbocycles. The van der Waals surface area contributed by atoms with Crippen LogP contribution in [0, 0.1) is 12.7 Å². The summed E-state index contributed by atoms with van der Waals surface area (Å²) in [5.41, 5.74) is 0.814. The van der Waals surface area contributed by atoms with Gasteiger partial charge < -0.3 is 24.5 Å². The highest BCUT2D eigenvalue weighted by Gasteiger charge is 2.59. The Hall–Kier alpha value is -2.85. The Kier molecular flexibility index (Phi) is 11.2. The first-order valence-corrected chi connectivity index (χ1v) is 16.4. The number of nitrogens with zero attached hydrogens (tertiary/aromatic N) is 2. The van der Waals surface area contributed by atoms with Gasteiger partial charge in [-0.3, -0.25) is 14.5 Å². The van der Waals surface area contributed by atoms with Gasteiger partial charge in [0, 0.05) is 43.1 Å². The quantitative estimate of drug-likeness (QED) is 0.186. The number of ether oxygens (including phenoxy) is 2. The number of hydrogen-bond donors (Lipinski definition) is 1. The summed E-state index contributed by atoms with van der Waals surface area (Å²) in [5.74, 6) is -0.306. The Morgan fingerprint density at radius 1 is 1.04 bits per heavy atom. The highest BCUT2D eigenvalue weighted by atomic mass is 19.1. The fourth-order valence-electron chi connectivity index (χ4n) is 7.48. The third-order valence-corrected chi connectivity index (χ3v) is 10.5. The highest BCUT2D eigenvalue weighted by molar-refractivity contribution is 6.63. The van der Waals surface area contributed by atoms with Gasteiger partial charge in [0.05, 0.1) is 16.6 Å². The monoisotopic (exact) mass is 639 g/mol. The number of nitrogens with one attached hydrogen (secondary N) is 1. The van der Waals surface area contributed by atoms with E-state index in [0.29, 0.717) is 29.8 Å². The van der Waals surface area contributed by atoms with Gasteiger partial charge in [0.2, 0.25) is 12.3 Å². The topological polar surface area (TPSA) is 88.2 Å². The maximum atomic E-state index is 15.2. The molecule has 1 aliphatic rings. The van der Waals surface area contributed by atoms with E-state index < -0.39 is 27.1 Å². The smallest absolute Gasteiger partial charge is 0.235 e. The highest BCUT2D eigenvalue weighted by Crippen LogP contribution is 2.52. The number of hydrogen-bond acceptors (Lipinski definition) is 6. The van der Waals surface area contributed by atoms with Crippen LogP contribution in [-0.4, -0.2) is 120 Å². The van der Waals surface area contributed by atoms with Crippen molar-refractivity contribution >= 4 is 73.5 Å². The molecule has 1 unspecified atom stereocenters. The van der Waals surface area contributed by atoms with Crippen molar-refractivity contribution in [2.45, 2.75) is 80.2 Å². The molecule has 0 bridgehead atoms. The molecule has 1 fully saturated rings. The summed E-state index contributed by atoms with van der Waals surface area (Å²) in [5, 5.41) is -0.364. The number of rotatable bonds is 13. The zero-order chi connectivity index (χ0) is 35.8. The predicted octanol–water partition coefficient (Wildman–Crippen LogP) is -3.02. The maximum absolute atomic E-state index is 15.2. The molecule has 3 rings (SSSR count). The first-order chi connectivity index (χ1) is 21.5. The largest absolute Gasteiger partial charge is 0.488 e. The fraction of sp³-hybridized carbons (Fsp3) is 0.516. The molecular formula is C31H49B7FN3O5. The van der Waals surface area contributed by atoms with Crippen molar-refractivity contribution in [3.05, 3.63) is 64.5 Å². The minimum Gasteiger partial charge on any atom is -0.488 e. The molecule has 0 spiro atoms. The summed E-state index contributed by atoms with van der Waals surface area (Å²) in [6.07, 6.45) is 1.50. The van der Waals surface area contributed by atoms with Crippen molar-refractivity contribution in [1.29, 1.82) is 0 Å². The van der Waals surface area contributed by atoms with Gasteiger partial charge in [-0.25, -0.2) is 4.39 Å². The molecule has 1 heterocycles. The summed E-state index contributed by atoms with van der Waals surface area (Å²) in [6.45, 7) is 12.4. The van der Waals surface area contributed by atoms with Crippen molar-refractivity contribution in [2.24, 2.45) is 0 Å². The predicted molar refractivity (Wildman–Crippen MR) is 204 cm³/mol. The molecule has 1 saturated heterocycles. The Morgan fingerprint density at radius 3 is 2.17 bits per heavy atom. The van der Waals surface area contributed by atoms with E-state index in [2.05, 4.69) is 37.9 Å². The molecule has 0 aromatic heterocycles. The zero-order valence-corrected chi connectivity index (χ0v) is 30.8. The third kappa shape index (κ3) is 7.59. The molecular weight excluding hydrogens is 589 g/mol. The van der Waals surface area contributed by atoms with E-state index in [1.807, 2.05) is 56.5 Å². The van der Waals surface area contributed by atoms with Crippen molar-refractivity contribution in [1.82, 2.24) is 15.1 Å². The number of morpholine rings is 1. The maximum Gasteiger partial charge on any atom is 0.235 e. The summed E-state index contributed by atoms with van der Waals surface area (Å²) in [4.78, 5) is 43.0. The van der Waals surface area contributed by atoms with E-state index in [4.69, 9.17) is 9.47 Å². The number of aldehydes is 1. The van der Waals surface area contributed by atoms with E-state index in [9.17, 15) is 14.4 Å². The van der Waals surface area contributed by atoms with Crippen LogP contribution >= 0.6 is 0 Å². The number of aryl methyl sites for hydroxylation is 1. The fourth-order valence-corrected chi connectivity index (χ4v) is 7.48. The van der Waals surface area contributed by atoms with Gasteiger partial charge in [-0.15, -0.1) is 0 Å². The number of carbonyl (C=O) groups is 3. The van der Waals surface area contributed by atoms with Gasteiger partial charge in [-0.05, 0) is 69.2 Å². The van der Waals surface area contributed by atoms with Crippen LogP contribution in [0.25, 0.3) is 0 Å². The SMILES string of the molecule is BC(B)(c1c(C)cccc1OCc1cc(CN2CC(C)(C)OC(C)(C)C2)ccc1F)N(C=O)C(B)(C(=O)NC)C(B)(B)C(B)(B)C=O. The van der Waals surface area contributed by atoms with Crippen LogP contribution in [0.3, 0.4) is 0 Å². The van der Waals surface area contributed by atoms with E-state index in [1.165, 1.54) is 18.0 Å². The van der Waals surface area contributed by atoms with Gasteiger partial charge in [-0.2, -0.15) is 0 Å². The Balaban J connectivity index is 2.01. The van der Waals surface area contributed by atoms with Crippen LogP contribution in [-0.2, 0) is 37.6 Å². The Labute approximate surface area is 286 Å². The summed E-state index contributed by atoms with van der Waals surface area (Å²) < 4.78 is 27.8. The second-order valence-corrected chi connectivity index (χ2v) is 16.1. The average molecular weight is 638 g/mol. The van der Waals surface area contributed by atoms with Gasteiger partial charge >= 0.3 is 0 Å². The lowest BCUT2D eigenvalue weighted by molar-refractivity contribution is -0.182. The molecule has 1 aliphatic heterocycles. The van der Waals surface area contributed by atoms with E-state index >= 15 is 4.39 Å². The molecule has 246 valence electrons. The summed E-state index contributed by atoms with van der Waals surface area (Å²) in [6, 6.07) is 10.7. The molecule has 2 aromatic carbocycles. The van der Waals surface area contributed by atoms with Crippen molar-refractivity contribution in [2.75, 3.05) is 20.1 Å². The van der Waals surface area contributed by atoms with Crippen LogP contribution in [0.4, 0.5) is 4.39 Å². The van der Waals surface area contributed by atoms with Crippen molar-refractivity contribution < 1.29 is 28.2 Å². The number of benzene rings is 2. The number of amides is 2. The minimum absolute atomic E-state index is 0.0379. The third-order valence-electron chi connectivity index (χ3n) is 10.5. The molecule has 1 atom stereocenters. The summed E-state index contributed by atoms with van der Waals surface area (Å²) >= 11 is 0. The second-order valence-electron chi connectivity index (χ2n) is 16.1. The van der Waals surface area contributed by atoms with E-state index in [0.717, 1.165) is 30.5 Å². The second kappa shape index (κ2) is 13.6. The Morgan fingerprint density at radius 2 is 1.64 bits per heavy atom. The molecule has 1 N–H and O–H groups in total. The van der Waals surface area contributed by atoms with E-state index in [1.54, 1.807) is 35.7 Å². The van der Waals surface area contributed by atoms with Crippen molar-refractivity contribution in [3.8, 4) is 5.75 Å². The lowest BCUT2D eigenvalue weighted by Gasteiger charge is -2.59. The molecule has 8 nitrogen and oxygen atoms in total.